The molecule has 1 heterocycles. The minimum absolute atomic E-state index is 0.0836. The first-order valence-electron chi connectivity index (χ1n) is 4.03. The summed E-state index contributed by atoms with van der Waals surface area (Å²) in [6, 6.07) is 1.93. The molecule has 1 aromatic heterocycles. The Morgan fingerprint density at radius 3 is 2.85 bits per heavy atom. The summed E-state index contributed by atoms with van der Waals surface area (Å²) in [5.41, 5.74) is 6.18. The van der Waals surface area contributed by atoms with Gasteiger partial charge in [-0.15, -0.1) is 0 Å². The van der Waals surface area contributed by atoms with E-state index >= 15 is 0 Å². The lowest BCUT2D eigenvalue weighted by Crippen LogP contribution is -2.33. The third kappa shape index (κ3) is 2.29. The van der Waals surface area contributed by atoms with Crippen molar-refractivity contribution in [3.8, 4) is 0 Å². The van der Waals surface area contributed by atoms with E-state index in [1.807, 2.05) is 23.8 Å². The molecule has 0 aliphatic rings. The Morgan fingerprint density at radius 1 is 1.77 bits per heavy atom. The summed E-state index contributed by atoms with van der Waals surface area (Å²) >= 11 is 1.56. The van der Waals surface area contributed by atoms with Crippen molar-refractivity contribution in [2.75, 3.05) is 6.54 Å². The number of rotatable bonds is 4. The fourth-order valence-electron chi connectivity index (χ4n) is 1.23. The Morgan fingerprint density at radius 2 is 2.46 bits per heavy atom. The van der Waals surface area contributed by atoms with Crippen molar-refractivity contribution in [2.45, 2.75) is 18.8 Å². The van der Waals surface area contributed by atoms with Crippen LogP contribution in [0.3, 0.4) is 0 Å². The molecule has 0 radical (unpaired) electrons. The first-order valence-corrected chi connectivity index (χ1v) is 4.97. The molecule has 0 amide bonds. The number of carbonyl (C=O) groups is 1. The Labute approximate surface area is 81.2 Å². The molecule has 0 aliphatic carbocycles. The normalized spacial score (nSPS) is 15.2. The zero-order valence-corrected chi connectivity index (χ0v) is 8.30. The van der Waals surface area contributed by atoms with Crippen LogP contribution in [0, 0.1) is 0 Å². The van der Waals surface area contributed by atoms with Crippen LogP contribution in [-0.2, 0) is 10.2 Å². The van der Waals surface area contributed by atoms with Gasteiger partial charge in [-0.1, -0.05) is 6.92 Å². The smallest absolute Gasteiger partial charge is 0.304 e. The van der Waals surface area contributed by atoms with Crippen molar-refractivity contribution in [2.24, 2.45) is 5.73 Å². The molecule has 0 aliphatic heterocycles. The van der Waals surface area contributed by atoms with Crippen LogP contribution in [0.4, 0.5) is 0 Å². The maximum Gasteiger partial charge on any atom is 0.304 e. The summed E-state index contributed by atoms with van der Waals surface area (Å²) in [4.78, 5) is 10.6. The first-order chi connectivity index (χ1) is 6.08. The molecule has 0 saturated carbocycles. The highest BCUT2D eigenvalue weighted by molar-refractivity contribution is 7.08. The Bertz CT molecular complexity index is 284. The second kappa shape index (κ2) is 3.89. The molecule has 3 N–H and O–H groups in total. The number of aliphatic carboxylic acids is 1. The number of hydrogen-bond acceptors (Lipinski definition) is 3. The maximum atomic E-state index is 10.6. The molecular weight excluding hydrogens is 186 g/mol. The van der Waals surface area contributed by atoms with Gasteiger partial charge in [0.05, 0.1) is 6.42 Å². The molecule has 3 nitrogen and oxygen atoms in total. The highest BCUT2D eigenvalue weighted by Crippen LogP contribution is 2.28. The fraction of sp³-hybridized carbons (Fsp3) is 0.444. The van der Waals surface area contributed by atoms with Crippen molar-refractivity contribution in [3.63, 3.8) is 0 Å². The Hall–Kier alpha value is -0.870. The van der Waals surface area contributed by atoms with Crippen LogP contribution in [0.5, 0.6) is 0 Å². The van der Waals surface area contributed by atoms with Crippen molar-refractivity contribution < 1.29 is 9.90 Å². The molecule has 0 spiro atoms. The van der Waals surface area contributed by atoms with E-state index < -0.39 is 11.4 Å². The molecular formula is C9H13NO2S. The van der Waals surface area contributed by atoms with Crippen LogP contribution in [0.15, 0.2) is 16.8 Å². The van der Waals surface area contributed by atoms with Gasteiger partial charge in [-0.3, -0.25) is 4.79 Å². The third-order valence-corrected chi connectivity index (χ3v) is 2.89. The second-order valence-corrected chi connectivity index (χ2v) is 4.13. The van der Waals surface area contributed by atoms with E-state index in [0.717, 1.165) is 5.56 Å². The summed E-state index contributed by atoms with van der Waals surface area (Å²) in [6.45, 7) is 2.24. The van der Waals surface area contributed by atoms with E-state index in [9.17, 15) is 4.79 Å². The zero-order valence-electron chi connectivity index (χ0n) is 7.49. The van der Waals surface area contributed by atoms with Crippen LogP contribution >= 0.6 is 11.3 Å². The standard InChI is InChI=1S/C9H13NO2S/c1-9(6-10,4-8(11)12)7-2-3-13-5-7/h2-3,5H,4,6,10H2,1H3,(H,11,12). The molecule has 0 bridgehead atoms. The lowest BCUT2D eigenvalue weighted by atomic mass is 9.81. The molecule has 1 atom stereocenters. The van der Waals surface area contributed by atoms with Gasteiger partial charge in [0.25, 0.3) is 0 Å². The number of nitrogens with two attached hydrogens (primary N) is 1. The van der Waals surface area contributed by atoms with E-state index in [2.05, 4.69) is 0 Å². The highest BCUT2D eigenvalue weighted by Gasteiger charge is 2.28. The summed E-state index contributed by atoms with van der Waals surface area (Å²) < 4.78 is 0. The molecule has 1 rings (SSSR count). The average Bonchev–Trinajstić information content (AvgIpc) is 2.55. The lowest BCUT2D eigenvalue weighted by molar-refractivity contribution is -0.138. The molecule has 1 unspecified atom stereocenters. The molecule has 72 valence electrons. The average molecular weight is 199 g/mol. The lowest BCUT2D eigenvalue weighted by Gasteiger charge is -2.24. The molecule has 1 aromatic rings. The number of thiophene rings is 1. The largest absolute Gasteiger partial charge is 0.481 e. The van der Waals surface area contributed by atoms with Crippen molar-refractivity contribution in [1.29, 1.82) is 0 Å². The van der Waals surface area contributed by atoms with E-state index in [1.54, 1.807) is 11.3 Å². The molecule has 0 aromatic carbocycles. The number of hydrogen-bond donors (Lipinski definition) is 2. The quantitative estimate of drug-likeness (QED) is 0.771. The van der Waals surface area contributed by atoms with Gasteiger partial charge in [-0.25, -0.2) is 0 Å². The van der Waals surface area contributed by atoms with Gasteiger partial charge in [0.1, 0.15) is 0 Å². The van der Waals surface area contributed by atoms with Gasteiger partial charge in [0.15, 0.2) is 0 Å². The molecule has 0 saturated heterocycles. The van der Waals surface area contributed by atoms with Crippen LogP contribution in [-0.4, -0.2) is 17.6 Å². The highest BCUT2D eigenvalue weighted by atomic mass is 32.1. The zero-order chi connectivity index (χ0) is 9.90. The first kappa shape index (κ1) is 10.2. The number of carboxylic acid groups (broad SMARTS) is 1. The maximum absolute atomic E-state index is 10.6. The van der Waals surface area contributed by atoms with E-state index in [1.165, 1.54) is 0 Å². The van der Waals surface area contributed by atoms with Gasteiger partial charge in [0.2, 0.25) is 0 Å². The van der Waals surface area contributed by atoms with Gasteiger partial charge < -0.3 is 10.8 Å². The monoisotopic (exact) mass is 199 g/mol. The summed E-state index contributed by atoms with van der Waals surface area (Å²) in [6.07, 6.45) is 0.0836. The predicted octanol–water partition coefficient (Wildman–Crippen LogP) is 1.44. The van der Waals surface area contributed by atoms with E-state index in [0.29, 0.717) is 6.54 Å². The van der Waals surface area contributed by atoms with Gasteiger partial charge >= 0.3 is 5.97 Å². The van der Waals surface area contributed by atoms with Crippen molar-refractivity contribution >= 4 is 17.3 Å². The van der Waals surface area contributed by atoms with Crippen LogP contribution < -0.4 is 5.73 Å². The third-order valence-electron chi connectivity index (χ3n) is 2.21. The topological polar surface area (TPSA) is 63.3 Å². The van der Waals surface area contributed by atoms with E-state index in [-0.39, 0.29) is 6.42 Å². The predicted molar refractivity (Wildman–Crippen MR) is 53.0 cm³/mol. The fourth-order valence-corrected chi connectivity index (χ4v) is 2.05. The van der Waals surface area contributed by atoms with E-state index in [4.69, 9.17) is 10.8 Å². The Balaban J connectivity index is 2.87. The van der Waals surface area contributed by atoms with Gasteiger partial charge in [0, 0.05) is 12.0 Å². The summed E-state index contributed by atoms with van der Waals surface area (Å²) in [5, 5.41) is 12.6. The minimum Gasteiger partial charge on any atom is -0.481 e. The van der Waals surface area contributed by atoms with Gasteiger partial charge in [-0.05, 0) is 22.4 Å². The summed E-state index contributed by atoms with van der Waals surface area (Å²) in [5.74, 6) is -0.806. The van der Waals surface area contributed by atoms with Crippen molar-refractivity contribution in [1.82, 2.24) is 0 Å². The molecule has 0 fully saturated rings. The second-order valence-electron chi connectivity index (χ2n) is 3.35. The number of carboxylic acids is 1. The summed E-state index contributed by atoms with van der Waals surface area (Å²) in [7, 11) is 0. The molecule has 13 heavy (non-hydrogen) atoms. The van der Waals surface area contributed by atoms with Crippen LogP contribution in [0.1, 0.15) is 18.9 Å². The van der Waals surface area contributed by atoms with Crippen molar-refractivity contribution in [3.05, 3.63) is 22.4 Å². The van der Waals surface area contributed by atoms with Gasteiger partial charge in [-0.2, -0.15) is 11.3 Å². The minimum atomic E-state index is -0.806. The SMILES string of the molecule is CC(CN)(CC(=O)O)c1ccsc1. The van der Waals surface area contributed by atoms with Crippen LogP contribution in [0.2, 0.25) is 0 Å². The Kier molecular flexibility index (Phi) is 3.06. The van der Waals surface area contributed by atoms with Crippen LogP contribution in [0.25, 0.3) is 0 Å². The molecule has 4 heteroatoms.